The summed E-state index contributed by atoms with van der Waals surface area (Å²) < 4.78 is 15.9. The first-order valence-electron chi connectivity index (χ1n) is 10.2. The van der Waals surface area contributed by atoms with Gasteiger partial charge in [0.1, 0.15) is 11.4 Å². The molecule has 33 heavy (non-hydrogen) atoms. The highest BCUT2D eigenvalue weighted by Gasteiger charge is 2.17. The number of nitrogens with one attached hydrogen (secondary N) is 2. The number of benzene rings is 3. The standard InChI is InChI=1S/C26H26N2O5/c1-17-9-12-20(13-10-17)27-26(30)21(15-18-7-5-6-8-22(18)31-2)28-25(29)19-11-14-23(32-3)24(16-19)33-4/h5-16H,1-4H3,(H,27,30)(H,28,29)/b21-15-. The van der Waals surface area contributed by atoms with Crippen LogP contribution in [0.25, 0.3) is 6.08 Å². The van der Waals surface area contributed by atoms with Crippen LogP contribution < -0.4 is 24.8 Å². The third-order valence-electron chi connectivity index (χ3n) is 4.89. The van der Waals surface area contributed by atoms with Gasteiger partial charge in [0.05, 0.1) is 21.3 Å². The molecule has 0 aliphatic carbocycles. The van der Waals surface area contributed by atoms with E-state index in [1.54, 1.807) is 55.7 Å². The lowest BCUT2D eigenvalue weighted by molar-refractivity contribution is -0.113. The molecule has 170 valence electrons. The van der Waals surface area contributed by atoms with E-state index in [1.165, 1.54) is 14.2 Å². The zero-order valence-corrected chi connectivity index (χ0v) is 19.0. The maximum absolute atomic E-state index is 13.1. The van der Waals surface area contributed by atoms with E-state index in [0.29, 0.717) is 34.1 Å². The second-order valence-corrected chi connectivity index (χ2v) is 7.14. The van der Waals surface area contributed by atoms with E-state index in [1.807, 2.05) is 31.2 Å². The van der Waals surface area contributed by atoms with Crippen molar-refractivity contribution in [2.45, 2.75) is 6.92 Å². The summed E-state index contributed by atoms with van der Waals surface area (Å²) in [5, 5.41) is 5.53. The molecule has 0 saturated heterocycles. The fourth-order valence-corrected chi connectivity index (χ4v) is 3.11. The van der Waals surface area contributed by atoms with Gasteiger partial charge in [0.25, 0.3) is 11.8 Å². The molecule has 3 aromatic rings. The molecule has 3 rings (SSSR count). The average Bonchev–Trinajstić information content (AvgIpc) is 2.84. The van der Waals surface area contributed by atoms with Crippen molar-refractivity contribution in [1.29, 1.82) is 0 Å². The lowest BCUT2D eigenvalue weighted by Gasteiger charge is -2.14. The van der Waals surface area contributed by atoms with Crippen LogP contribution in [-0.2, 0) is 4.79 Å². The Morgan fingerprint density at radius 3 is 2.12 bits per heavy atom. The highest BCUT2D eigenvalue weighted by molar-refractivity contribution is 6.10. The van der Waals surface area contributed by atoms with Gasteiger partial charge >= 0.3 is 0 Å². The minimum Gasteiger partial charge on any atom is -0.496 e. The maximum Gasteiger partial charge on any atom is 0.272 e. The number of rotatable bonds is 8. The van der Waals surface area contributed by atoms with Gasteiger partial charge in [-0.2, -0.15) is 0 Å². The second-order valence-electron chi connectivity index (χ2n) is 7.14. The maximum atomic E-state index is 13.1. The van der Waals surface area contributed by atoms with E-state index in [-0.39, 0.29) is 5.70 Å². The number of carbonyl (C=O) groups is 2. The molecule has 3 aromatic carbocycles. The summed E-state index contributed by atoms with van der Waals surface area (Å²) in [6.07, 6.45) is 1.57. The van der Waals surface area contributed by atoms with Crippen LogP contribution in [0.3, 0.4) is 0 Å². The molecular weight excluding hydrogens is 420 g/mol. The van der Waals surface area contributed by atoms with Gasteiger partial charge in [0.2, 0.25) is 0 Å². The monoisotopic (exact) mass is 446 g/mol. The normalized spacial score (nSPS) is 10.8. The van der Waals surface area contributed by atoms with Crippen LogP contribution in [0.1, 0.15) is 21.5 Å². The van der Waals surface area contributed by atoms with Gasteiger partial charge in [0.15, 0.2) is 11.5 Å². The Morgan fingerprint density at radius 1 is 0.788 bits per heavy atom. The van der Waals surface area contributed by atoms with Gasteiger partial charge in [-0.3, -0.25) is 9.59 Å². The summed E-state index contributed by atoms with van der Waals surface area (Å²) in [4.78, 5) is 26.1. The fourth-order valence-electron chi connectivity index (χ4n) is 3.11. The van der Waals surface area contributed by atoms with Crippen molar-refractivity contribution in [1.82, 2.24) is 5.32 Å². The first-order chi connectivity index (χ1) is 15.9. The Morgan fingerprint density at radius 2 is 1.45 bits per heavy atom. The van der Waals surface area contributed by atoms with Crippen molar-refractivity contribution in [3.63, 3.8) is 0 Å². The Hall–Kier alpha value is -4.26. The van der Waals surface area contributed by atoms with Gasteiger partial charge in [0, 0.05) is 16.8 Å². The molecule has 0 fully saturated rings. The number of amides is 2. The third-order valence-corrected chi connectivity index (χ3v) is 4.89. The predicted molar refractivity (Wildman–Crippen MR) is 128 cm³/mol. The van der Waals surface area contributed by atoms with Crippen molar-refractivity contribution in [2.24, 2.45) is 0 Å². The van der Waals surface area contributed by atoms with Gasteiger partial charge in [-0.05, 0) is 49.4 Å². The fraction of sp³-hybridized carbons (Fsp3) is 0.154. The molecule has 0 saturated carbocycles. The van der Waals surface area contributed by atoms with Crippen molar-refractivity contribution >= 4 is 23.6 Å². The largest absolute Gasteiger partial charge is 0.496 e. The SMILES string of the molecule is COc1ccccc1/C=C(\NC(=O)c1ccc(OC)c(OC)c1)C(=O)Nc1ccc(C)cc1. The molecule has 0 unspecified atom stereocenters. The van der Waals surface area contributed by atoms with Crippen LogP contribution >= 0.6 is 0 Å². The Bertz CT molecular complexity index is 1170. The number of ether oxygens (including phenoxy) is 3. The number of carbonyl (C=O) groups excluding carboxylic acids is 2. The number of hydrogen-bond donors (Lipinski definition) is 2. The number of anilines is 1. The van der Waals surface area contributed by atoms with Crippen LogP contribution in [0.5, 0.6) is 17.2 Å². The number of hydrogen-bond acceptors (Lipinski definition) is 5. The minimum atomic E-state index is -0.476. The molecule has 0 atom stereocenters. The second kappa shape index (κ2) is 10.9. The summed E-state index contributed by atoms with van der Waals surface area (Å²) in [5.41, 5.74) is 2.68. The molecule has 7 nitrogen and oxygen atoms in total. The predicted octanol–water partition coefficient (Wildman–Crippen LogP) is 4.43. The molecule has 0 heterocycles. The van der Waals surface area contributed by atoms with Crippen molar-refractivity contribution in [3.8, 4) is 17.2 Å². The first-order valence-corrected chi connectivity index (χ1v) is 10.2. The lowest BCUT2D eigenvalue weighted by atomic mass is 10.1. The third kappa shape index (κ3) is 5.92. The van der Waals surface area contributed by atoms with Crippen LogP contribution in [-0.4, -0.2) is 33.1 Å². The molecule has 0 radical (unpaired) electrons. The number of methoxy groups -OCH3 is 3. The van der Waals surface area contributed by atoms with Crippen LogP contribution in [0, 0.1) is 6.92 Å². The van der Waals surface area contributed by atoms with Gasteiger partial charge in [-0.15, -0.1) is 0 Å². The summed E-state index contributed by atoms with van der Waals surface area (Å²) in [5.74, 6) is 0.522. The molecule has 2 N–H and O–H groups in total. The van der Waals surface area contributed by atoms with Crippen LogP contribution in [0.2, 0.25) is 0 Å². The molecule has 2 amide bonds. The number of para-hydroxylation sites is 1. The highest BCUT2D eigenvalue weighted by atomic mass is 16.5. The van der Waals surface area contributed by atoms with Crippen molar-refractivity contribution < 1.29 is 23.8 Å². The zero-order chi connectivity index (χ0) is 23.8. The summed E-state index contributed by atoms with van der Waals surface area (Å²) >= 11 is 0. The highest BCUT2D eigenvalue weighted by Crippen LogP contribution is 2.28. The van der Waals surface area contributed by atoms with Gasteiger partial charge in [-0.25, -0.2) is 0 Å². The molecule has 0 aromatic heterocycles. The average molecular weight is 447 g/mol. The van der Waals surface area contributed by atoms with E-state index in [4.69, 9.17) is 14.2 Å². The van der Waals surface area contributed by atoms with E-state index in [0.717, 1.165) is 5.56 Å². The summed E-state index contributed by atoms with van der Waals surface area (Å²) in [6, 6.07) is 19.4. The zero-order valence-electron chi connectivity index (χ0n) is 19.0. The Labute approximate surface area is 193 Å². The van der Waals surface area contributed by atoms with Crippen molar-refractivity contribution in [3.05, 3.63) is 89.1 Å². The van der Waals surface area contributed by atoms with E-state index < -0.39 is 11.8 Å². The quantitative estimate of drug-likeness (QED) is 0.500. The lowest BCUT2D eigenvalue weighted by Crippen LogP contribution is -2.30. The number of aryl methyl sites for hydroxylation is 1. The summed E-state index contributed by atoms with van der Waals surface area (Å²) in [7, 11) is 4.55. The first kappa shape index (κ1) is 23.4. The molecular formula is C26H26N2O5. The van der Waals surface area contributed by atoms with Gasteiger partial charge in [-0.1, -0.05) is 35.9 Å². The topological polar surface area (TPSA) is 85.9 Å². The smallest absolute Gasteiger partial charge is 0.272 e. The molecule has 0 spiro atoms. The van der Waals surface area contributed by atoms with Crippen molar-refractivity contribution in [2.75, 3.05) is 26.6 Å². The molecule has 0 bridgehead atoms. The van der Waals surface area contributed by atoms with Crippen LogP contribution in [0.15, 0.2) is 72.4 Å². The van der Waals surface area contributed by atoms with E-state index in [2.05, 4.69) is 10.6 Å². The minimum absolute atomic E-state index is 0.0554. The van der Waals surface area contributed by atoms with E-state index >= 15 is 0 Å². The molecule has 7 heteroatoms. The molecule has 0 aliphatic heterocycles. The Balaban J connectivity index is 1.94. The van der Waals surface area contributed by atoms with E-state index in [9.17, 15) is 9.59 Å². The van der Waals surface area contributed by atoms with Crippen LogP contribution in [0.4, 0.5) is 5.69 Å². The van der Waals surface area contributed by atoms with Gasteiger partial charge < -0.3 is 24.8 Å². The molecule has 0 aliphatic rings. The Kier molecular flexibility index (Phi) is 7.70. The summed E-state index contributed by atoms with van der Waals surface area (Å²) in [6.45, 7) is 1.96.